The zero-order valence-corrected chi connectivity index (χ0v) is 11.3. The maximum atomic E-state index is 5.89. The summed E-state index contributed by atoms with van der Waals surface area (Å²) in [5, 5.41) is 1.27. The number of aryl methyl sites for hydroxylation is 1. The van der Waals surface area contributed by atoms with Gasteiger partial charge in [-0.15, -0.1) is 0 Å². The van der Waals surface area contributed by atoms with Gasteiger partial charge in [-0.3, -0.25) is 0 Å². The molecule has 2 aromatic rings. The summed E-state index contributed by atoms with van der Waals surface area (Å²) in [5.41, 5.74) is 3.72. The van der Waals surface area contributed by atoms with Crippen molar-refractivity contribution in [2.24, 2.45) is 0 Å². The van der Waals surface area contributed by atoms with Crippen LogP contribution in [-0.2, 0) is 5.41 Å². The first-order valence-electron chi connectivity index (χ1n) is 6.10. The Hall–Kier alpha value is -1.50. The summed E-state index contributed by atoms with van der Waals surface area (Å²) in [6, 6.07) is 6.32. The number of fused-ring (bicyclic) bond motifs is 1. The fourth-order valence-corrected chi connectivity index (χ4v) is 2.26. The van der Waals surface area contributed by atoms with E-state index in [0.29, 0.717) is 0 Å². The lowest BCUT2D eigenvalue weighted by Gasteiger charge is -2.20. The van der Waals surface area contributed by atoms with Crippen molar-refractivity contribution in [2.75, 3.05) is 0 Å². The zero-order valence-electron chi connectivity index (χ0n) is 11.3. The normalized spacial score (nSPS) is 12.8. The quantitative estimate of drug-likeness (QED) is 0.664. The fourth-order valence-electron chi connectivity index (χ4n) is 2.26. The van der Waals surface area contributed by atoms with E-state index in [1.54, 1.807) is 0 Å². The second-order valence-corrected chi connectivity index (χ2v) is 5.52. The molecule has 17 heavy (non-hydrogen) atoms. The van der Waals surface area contributed by atoms with E-state index in [1.807, 2.05) is 25.1 Å². The molecule has 0 saturated carbocycles. The Labute approximate surface area is 103 Å². The van der Waals surface area contributed by atoms with E-state index in [1.165, 1.54) is 16.5 Å². The number of rotatable bonds is 1. The highest BCUT2D eigenvalue weighted by atomic mass is 16.3. The van der Waals surface area contributed by atoms with Crippen LogP contribution in [0.5, 0.6) is 0 Å². The van der Waals surface area contributed by atoms with Gasteiger partial charge < -0.3 is 4.42 Å². The minimum Gasteiger partial charge on any atom is -0.456 e. The van der Waals surface area contributed by atoms with Crippen LogP contribution in [0.25, 0.3) is 17.0 Å². The topological polar surface area (TPSA) is 13.1 Å². The molecule has 0 aliphatic rings. The van der Waals surface area contributed by atoms with E-state index in [-0.39, 0.29) is 5.41 Å². The van der Waals surface area contributed by atoms with Crippen LogP contribution < -0.4 is 0 Å². The van der Waals surface area contributed by atoms with Crippen LogP contribution in [0.15, 0.2) is 28.7 Å². The molecule has 0 fully saturated rings. The number of benzene rings is 1. The fraction of sp³-hybridized carbons (Fsp3) is 0.375. The minimum absolute atomic E-state index is 0.140. The lowest BCUT2D eigenvalue weighted by atomic mass is 9.84. The summed E-state index contributed by atoms with van der Waals surface area (Å²) in [5.74, 6) is 0.971. The first-order chi connectivity index (χ1) is 7.95. The Morgan fingerprint density at radius 2 is 1.88 bits per heavy atom. The Balaban J connectivity index is 2.80. The van der Waals surface area contributed by atoms with Crippen molar-refractivity contribution >= 4 is 17.0 Å². The molecular weight excluding hydrogens is 208 g/mol. The number of hydrogen-bond donors (Lipinski definition) is 0. The molecule has 1 aromatic heterocycles. The van der Waals surface area contributed by atoms with Crippen LogP contribution in [0.3, 0.4) is 0 Å². The van der Waals surface area contributed by atoms with Crippen molar-refractivity contribution in [2.45, 2.75) is 40.0 Å². The average molecular weight is 228 g/mol. The molecular formula is C16H20O. The van der Waals surface area contributed by atoms with Crippen molar-refractivity contribution in [3.63, 3.8) is 0 Å². The van der Waals surface area contributed by atoms with Gasteiger partial charge in [-0.05, 0) is 37.0 Å². The smallest absolute Gasteiger partial charge is 0.135 e. The van der Waals surface area contributed by atoms with Gasteiger partial charge in [-0.2, -0.15) is 0 Å². The maximum Gasteiger partial charge on any atom is 0.135 e. The van der Waals surface area contributed by atoms with Gasteiger partial charge in [-0.1, -0.05) is 39.0 Å². The Kier molecular flexibility index (Phi) is 2.86. The summed E-state index contributed by atoms with van der Waals surface area (Å²) in [4.78, 5) is 0. The monoisotopic (exact) mass is 228 g/mol. The molecule has 90 valence electrons. The van der Waals surface area contributed by atoms with Gasteiger partial charge in [0.1, 0.15) is 11.3 Å². The molecule has 0 bridgehead atoms. The van der Waals surface area contributed by atoms with Crippen LogP contribution in [0.2, 0.25) is 0 Å². The van der Waals surface area contributed by atoms with E-state index in [2.05, 4.69) is 39.8 Å². The number of hydrogen-bond acceptors (Lipinski definition) is 1. The summed E-state index contributed by atoms with van der Waals surface area (Å²) in [6.45, 7) is 10.9. The van der Waals surface area contributed by atoms with Gasteiger partial charge in [0.15, 0.2) is 0 Å². The highest BCUT2D eigenvalue weighted by Gasteiger charge is 2.20. The summed E-state index contributed by atoms with van der Waals surface area (Å²) in [7, 11) is 0. The van der Waals surface area contributed by atoms with Gasteiger partial charge >= 0.3 is 0 Å². The van der Waals surface area contributed by atoms with Gasteiger partial charge in [0.2, 0.25) is 0 Å². The number of furan rings is 1. The molecule has 1 heteroatoms. The summed E-state index contributed by atoms with van der Waals surface area (Å²) < 4.78 is 5.89. The lowest BCUT2D eigenvalue weighted by Crippen LogP contribution is -2.11. The molecule has 1 aromatic carbocycles. The van der Waals surface area contributed by atoms with Crippen molar-refractivity contribution in [1.82, 2.24) is 0 Å². The minimum atomic E-state index is 0.140. The third kappa shape index (κ3) is 2.02. The molecule has 0 saturated heterocycles. The van der Waals surface area contributed by atoms with E-state index in [0.717, 1.165) is 11.3 Å². The molecule has 0 aliphatic carbocycles. The van der Waals surface area contributed by atoms with Crippen LogP contribution in [0, 0.1) is 6.92 Å². The van der Waals surface area contributed by atoms with Crippen LogP contribution in [0.4, 0.5) is 0 Å². The molecule has 0 atom stereocenters. The molecule has 0 aliphatic heterocycles. The largest absolute Gasteiger partial charge is 0.456 e. The number of allylic oxidation sites excluding steroid dienone is 1. The highest BCUT2D eigenvalue weighted by Crippen LogP contribution is 2.35. The van der Waals surface area contributed by atoms with Gasteiger partial charge in [0.05, 0.1) is 0 Å². The van der Waals surface area contributed by atoms with E-state index >= 15 is 0 Å². The third-order valence-corrected chi connectivity index (χ3v) is 3.12. The molecule has 0 amide bonds. The van der Waals surface area contributed by atoms with Crippen LogP contribution >= 0.6 is 0 Å². The van der Waals surface area contributed by atoms with Crippen LogP contribution in [0.1, 0.15) is 44.6 Å². The molecule has 0 radical (unpaired) electrons. The van der Waals surface area contributed by atoms with Crippen LogP contribution in [-0.4, -0.2) is 0 Å². The molecule has 1 heterocycles. The van der Waals surface area contributed by atoms with E-state index in [4.69, 9.17) is 4.42 Å². The second kappa shape index (κ2) is 4.06. The maximum absolute atomic E-state index is 5.89. The SMILES string of the molecule is C/C=C\c1oc2cccc(C(C)(C)C)c2c1C. The molecule has 0 N–H and O–H groups in total. The predicted molar refractivity (Wildman–Crippen MR) is 74.4 cm³/mol. The molecule has 1 nitrogen and oxygen atoms in total. The van der Waals surface area contributed by atoms with E-state index in [9.17, 15) is 0 Å². The highest BCUT2D eigenvalue weighted by molar-refractivity contribution is 5.88. The van der Waals surface area contributed by atoms with E-state index < -0.39 is 0 Å². The summed E-state index contributed by atoms with van der Waals surface area (Å²) >= 11 is 0. The zero-order chi connectivity index (χ0) is 12.6. The standard InChI is InChI=1S/C16H20O/c1-6-8-13-11(2)15-12(16(3,4)5)9-7-10-14(15)17-13/h6-10H,1-5H3/b8-6-. The molecule has 2 rings (SSSR count). The predicted octanol–water partition coefficient (Wildman–Crippen LogP) is 5.07. The average Bonchev–Trinajstić information content (AvgIpc) is 2.55. The first-order valence-corrected chi connectivity index (χ1v) is 6.10. The van der Waals surface area contributed by atoms with Gasteiger partial charge in [0, 0.05) is 10.9 Å². The van der Waals surface area contributed by atoms with Gasteiger partial charge in [0.25, 0.3) is 0 Å². The van der Waals surface area contributed by atoms with Gasteiger partial charge in [-0.25, -0.2) is 0 Å². The van der Waals surface area contributed by atoms with Crippen molar-refractivity contribution < 1.29 is 4.42 Å². The third-order valence-electron chi connectivity index (χ3n) is 3.12. The molecule has 0 unspecified atom stereocenters. The second-order valence-electron chi connectivity index (χ2n) is 5.52. The lowest BCUT2D eigenvalue weighted by molar-refractivity contribution is 0.590. The van der Waals surface area contributed by atoms with Crippen molar-refractivity contribution in [1.29, 1.82) is 0 Å². The first kappa shape index (κ1) is 12.0. The summed E-state index contributed by atoms with van der Waals surface area (Å²) in [6.07, 6.45) is 4.04. The molecule has 0 spiro atoms. The Morgan fingerprint density at radius 1 is 1.18 bits per heavy atom. The van der Waals surface area contributed by atoms with Crippen molar-refractivity contribution in [3.05, 3.63) is 41.2 Å². The Morgan fingerprint density at radius 3 is 2.47 bits per heavy atom. The Bertz CT molecular complexity index is 565. The van der Waals surface area contributed by atoms with Crippen molar-refractivity contribution in [3.8, 4) is 0 Å².